The largest absolute Gasteiger partial charge is 0.497 e. The molecule has 0 aliphatic carbocycles. The number of ether oxygens (including phenoxy) is 1. The summed E-state index contributed by atoms with van der Waals surface area (Å²) in [6.45, 7) is 3.28. The molecule has 2 N–H and O–H groups in total. The molecule has 1 fully saturated rings. The molecule has 0 amide bonds. The van der Waals surface area contributed by atoms with E-state index in [9.17, 15) is 0 Å². The second-order valence-corrected chi connectivity index (χ2v) is 4.83. The molecular formula is C13H19ClN2O. The predicted octanol–water partition coefficient (Wildman–Crippen LogP) is 2.76. The maximum atomic E-state index is 6.15. The average molecular weight is 255 g/mol. The molecule has 1 aromatic carbocycles. The highest BCUT2D eigenvalue weighted by Crippen LogP contribution is 2.26. The van der Waals surface area contributed by atoms with Crippen LogP contribution in [0.15, 0.2) is 18.2 Å². The molecule has 1 aromatic rings. The molecule has 0 saturated carbocycles. The maximum Gasteiger partial charge on any atom is 0.120 e. The highest BCUT2D eigenvalue weighted by molar-refractivity contribution is 6.33. The molecule has 3 nitrogen and oxygen atoms in total. The van der Waals surface area contributed by atoms with Crippen molar-refractivity contribution in [3.8, 4) is 5.75 Å². The van der Waals surface area contributed by atoms with Gasteiger partial charge in [0, 0.05) is 12.6 Å². The summed E-state index contributed by atoms with van der Waals surface area (Å²) in [5.74, 6) is 1.60. The number of nitrogens with one attached hydrogen (secondary N) is 2. The summed E-state index contributed by atoms with van der Waals surface area (Å²) in [5.41, 5.74) is 0.985. The number of methoxy groups -OCH3 is 1. The topological polar surface area (TPSA) is 33.3 Å². The van der Waals surface area contributed by atoms with Crippen molar-refractivity contribution >= 4 is 17.3 Å². The number of rotatable bonds is 5. The van der Waals surface area contributed by atoms with Gasteiger partial charge >= 0.3 is 0 Å². The zero-order chi connectivity index (χ0) is 12.1. The third-order valence-corrected chi connectivity index (χ3v) is 3.52. The first-order chi connectivity index (χ1) is 8.29. The van der Waals surface area contributed by atoms with Gasteiger partial charge in [-0.25, -0.2) is 0 Å². The van der Waals surface area contributed by atoms with Gasteiger partial charge in [-0.15, -0.1) is 0 Å². The van der Waals surface area contributed by atoms with Crippen molar-refractivity contribution in [3.63, 3.8) is 0 Å². The number of benzene rings is 1. The fourth-order valence-corrected chi connectivity index (χ4v) is 2.38. The predicted molar refractivity (Wildman–Crippen MR) is 72.1 cm³/mol. The number of hydrogen-bond donors (Lipinski definition) is 2. The summed E-state index contributed by atoms with van der Waals surface area (Å²) in [6, 6.07) is 5.72. The van der Waals surface area contributed by atoms with E-state index in [0.29, 0.717) is 5.02 Å². The third kappa shape index (κ3) is 3.51. The molecule has 1 heterocycles. The van der Waals surface area contributed by atoms with Gasteiger partial charge in [0.1, 0.15) is 5.75 Å². The average Bonchev–Trinajstić information content (AvgIpc) is 2.84. The quantitative estimate of drug-likeness (QED) is 0.848. The Hall–Kier alpha value is -0.930. The molecule has 94 valence electrons. The minimum absolute atomic E-state index is 0.717. The Bertz CT molecular complexity index is 364. The van der Waals surface area contributed by atoms with Crippen LogP contribution in [0.3, 0.4) is 0 Å². The van der Waals surface area contributed by atoms with Crippen molar-refractivity contribution in [1.29, 1.82) is 0 Å². The summed E-state index contributed by atoms with van der Waals surface area (Å²) in [6.07, 6.45) is 2.48. The van der Waals surface area contributed by atoms with E-state index in [1.54, 1.807) is 7.11 Å². The first-order valence-corrected chi connectivity index (χ1v) is 6.45. The van der Waals surface area contributed by atoms with Crippen LogP contribution in [0.5, 0.6) is 5.75 Å². The van der Waals surface area contributed by atoms with Gasteiger partial charge in [0.2, 0.25) is 0 Å². The van der Waals surface area contributed by atoms with Gasteiger partial charge in [0.15, 0.2) is 0 Å². The Morgan fingerprint density at radius 3 is 3.06 bits per heavy atom. The van der Waals surface area contributed by atoms with Crippen LogP contribution in [0.25, 0.3) is 0 Å². The summed E-state index contributed by atoms with van der Waals surface area (Å²) in [7, 11) is 1.64. The van der Waals surface area contributed by atoms with E-state index < -0.39 is 0 Å². The van der Waals surface area contributed by atoms with Crippen molar-refractivity contribution in [2.75, 3.05) is 32.1 Å². The number of hydrogen-bond acceptors (Lipinski definition) is 3. The Morgan fingerprint density at radius 2 is 2.41 bits per heavy atom. The van der Waals surface area contributed by atoms with Crippen molar-refractivity contribution < 1.29 is 4.74 Å². The first-order valence-electron chi connectivity index (χ1n) is 6.07. The van der Waals surface area contributed by atoms with E-state index in [1.807, 2.05) is 18.2 Å². The van der Waals surface area contributed by atoms with E-state index >= 15 is 0 Å². The molecule has 0 bridgehead atoms. The Morgan fingerprint density at radius 1 is 1.53 bits per heavy atom. The minimum atomic E-state index is 0.717. The van der Waals surface area contributed by atoms with Gasteiger partial charge in [-0.05, 0) is 44.0 Å². The zero-order valence-corrected chi connectivity index (χ0v) is 10.9. The molecule has 4 heteroatoms. The normalized spacial score (nSPS) is 19.3. The lowest BCUT2D eigenvalue weighted by molar-refractivity contribution is 0.415. The van der Waals surface area contributed by atoms with E-state index in [4.69, 9.17) is 16.3 Å². The minimum Gasteiger partial charge on any atom is -0.497 e. The summed E-state index contributed by atoms with van der Waals surface area (Å²) >= 11 is 6.15. The monoisotopic (exact) mass is 254 g/mol. The third-order valence-electron chi connectivity index (χ3n) is 3.21. The fraction of sp³-hybridized carbons (Fsp3) is 0.538. The molecular weight excluding hydrogens is 236 g/mol. The van der Waals surface area contributed by atoms with Gasteiger partial charge in [0.05, 0.1) is 17.8 Å². The Balaban J connectivity index is 1.81. The molecule has 1 saturated heterocycles. The molecule has 2 rings (SSSR count). The molecule has 1 aliphatic heterocycles. The van der Waals surface area contributed by atoms with Crippen LogP contribution in [-0.4, -0.2) is 26.7 Å². The fourth-order valence-electron chi connectivity index (χ4n) is 2.14. The molecule has 0 radical (unpaired) electrons. The number of halogens is 1. The van der Waals surface area contributed by atoms with E-state index in [0.717, 1.165) is 37.0 Å². The zero-order valence-electron chi connectivity index (χ0n) is 10.1. The van der Waals surface area contributed by atoms with Gasteiger partial charge in [-0.1, -0.05) is 11.6 Å². The van der Waals surface area contributed by atoms with Crippen LogP contribution < -0.4 is 15.4 Å². The second-order valence-electron chi connectivity index (χ2n) is 4.42. The highest BCUT2D eigenvalue weighted by atomic mass is 35.5. The van der Waals surface area contributed by atoms with Crippen LogP contribution in [0.1, 0.15) is 12.8 Å². The van der Waals surface area contributed by atoms with Crippen LogP contribution in [0.2, 0.25) is 5.02 Å². The molecule has 1 atom stereocenters. The van der Waals surface area contributed by atoms with E-state index in [2.05, 4.69) is 10.6 Å². The Kier molecular flexibility index (Phi) is 4.51. The molecule has 0 aromatic heterocycles. The number of anilines is 1. The van der Waals surface area contributed by atoms with E-state index in [1.165, 1.54) is 12.8 Å². The highest BCUT2D eigenvalue weighted by Gasteiger charge is 2.13. The summed E-state index contributed by atoms with van der Waals surface area (Å²) in [4.78, 5) is 0. The van der Waals surface area contributed by atoms with Crippen molar-refractivity contribution in [1.82, 2.24) is 5.32 Å². The first kappa shape index (κ1) is 12.5. The lowest BCUT2D eigenvalue weighted by atomic mass is 10.1. The van der Waals surface area contributed by atoms with Crippen molar-refractivity contribution in [2.45, 2.75) is 12.8 Å². The van der Waals surface area contributed by atoms with Gasteiger partial charge in [-0.3, -0.25) is 0 Å². The molecule has 17 heavy (non-hydrogen) atoms. The van der Waals surface area contributed by atoms with Crippen LogP contribution in [0, 0.1) is 5.92 Å². The summed E-state index contributed by atoms with van der Waals surface area (Å²) in [5, 5.41) is 7.47. The lowest BCUT2D eigenvalue weighted by Gasteiger charge is -2.12. The van der Waals surface area contributed by atoms with Crippen molar-refractivity contribution in [2.24, 2.45) is 5.92 Å². The second kappa shape index (κ2) is 6.12. The molecule has 1 aliphatic rings. The smallest absolute Gasteiger partial charge is 0.120 e. The molecule has 0 spiro atoms. The van der Waals surface area contributed by atoms with Gasteiger partial charge < -0.3 is 15.4 Å². The SMILES string of the molecule is COc1ccc(NCCC2CCNC2)c(Cl)c1. The van der Waals surface area contributed by atoms with Crippen LogP contribution in [-0.2, 0) is 0 Å². The molecule has 1 unspecified atom stereocenters. The van der Waals surface area contributed by atoms with Gasteiger partial charge in [-0.2, -0.15) is 0 Å². The van der Waals surface area contributed by atoms with Crippen LogP contribution in [0.4, 0.5) is 5.69 Å². The summed E-state index contributed by atoms with van der Waals surface area (Å²) < 4.78 is 5.12. The van der Waals surface area contributed by atoms with Crippen molar-refractivity contribution in [3.05, 3.63) is 23.2 Å². The van der Waals surface area contributed by atoms with E-state index in [-0.39, 0.29) is 0 Å². The van der Waals surface area contributed by atoms with Gasteiger partial charge in [0.25, 0.3) is 0 Å². The Labute approximate surface area is 107 Å². The lowest BCUT2D eigenvalue weighted by Crippen LogP contribution is -2.12. The standard InChI is InChI=1S/C13H19ClN2O/c1-17-11-2-3-13(12(14)8-11)16-7-5-10-4-6-15-9-10/h2-3,8,10,15-16H,4-7,9H2,1H3. The van der Waals surface area contributed by atoms with Crippen LogP contribution >= 0.6 is 11.6 Å². The maximum absolute atomic E-state index is 6.15.